The van der Waals surface area contributed by atoms with Crippen molar-refractivity contribution in [1.29, 1.82) is 0 Å². The summed E-state index contributed by atoms with van der Waals surface area (Å²) in [4.78, 5) is 0. The summed E-state index contributed by atoms with van der Waals surface area (Å²) in [7, 11) is 0. The maximum absolute atomic E-state index is 4.83. The highest BCUT2D eigenvalue weighted by atomic mass is 14.9. The molecule has 18 heavy (non-hydrogen) atoms. The Hall–Kier alpha value is -1.76. The zero-order chi connectivity index (χ0) is 12.5. The van der Waals surface area contributed by atoms with E-state index in [1.807, 2.05) is 0 Å². The van der Waals surface area contributed by atoms with Gasteiger partial charge in [-0.1, -0.05) is 43.7 Å². The summed E-state index contributed by atoms with van der Waals surface area (Å²) in [6.07, 6.45) is 3.61. The highest BCUT2D eigenvalue weighted by Crippen LogP contribution is 2.45. The van der Waals surface area contributed by atoms with Crippen molar-refractivity contribution in [3.63, 3.8) is 0 Å². The molecule has 0 amide bonds. The van der Waals surface area contributed by atoms with Crippen molar-refractivity contribution in [2.75, 3.05) is 0 Å². The van der Waals surface area contributed by atoms with Crippen LogP contribution in [0.2, 0.25) is 0 Å². The van der Waals surface area contributed by atoms with Gasteiger partial charge in [0.15, 0.2) is 0 Å². The molecule has 0 aliphatic carbocycles. The fraction of sp³-hybridized carbons (Fsp3) is 0.294. The lowest BCUT2D eigenvalue weighted by Gasteiger charge is -2.10. The Morgan fingerprint density at radius 2 is 1.83 bits per heavy atom. The van der Waals surface area contributed by atoms with Crippen molar-refractivity contribution in [2.45, 2.75) is 33.1 Å². The molecule has 0 spiro atoms. The Balaban J connectivity index is 2.10. The fourth-order valence-corrected chi connectivity index (χ4v) is 2.67. The maximum atomic E-state index is 4.83. The molecule has 0 atom stereocenters. The number of aryl methyl sites for hydroxylation is 1. The smallest absolute Gasteiger partial charge is 0.0750 e. The predicted octanol–water partition coefficient (Wildman–Crippen LogP) is 4.89. The summed E-state index contributed by atoms with van der Waals surface area (Å²) >= 11 is 0. The van der Waals surface area contributed by atoms with Gasteiger partial charge in [0.05, 0.1) is 11.4 Å². The van der Waals surface area contributed by atoms with Gasteiger partial charge in [-0.15, -0.1) is 0 Å². The summed E-state index contributed by atoms with van der Waals surface area (Å²) in [5.74, 6) is 0. The lowest BCUT2D eigenvalue weighted by molar-refractivity contribution is 0.790. The van der Waals surface area contributed by atoms with Crippen LogP contribution in [0.4, 0.5) is 11.4 Å². The number of fused-ring (bicyclic) bond motifs is 3. The summed E-state index contributed by atoms with van der Waals surface area (Å²) in [6.45, 7) is 4.44. The summed E-state index contributed by atoms with van der Waals surface area (Å²) in [6, 6.07) is 12.9. The van der Waals surface area contributed by atoms with Crippen LogP contribution in [0.15, 0.2) is 36.4 Å². The summed E-state index contributed by atoms with van der Waals surface area (Å²) < 4.78 is 0. The van der Waals surface area contributed by atoms with E-state index in [9.17, 15) is 0 Å². The van der Waals surface area contributed by atoms with Crippen LogP contribution >= 0.6 is 0 Å². The third-order valence-corrected chi connectivity index (χ3v) is 3.72. The van der Waals surface area contributed by atoms with Crippen LogP contribution in [0.25, 0.3) is 11.1 Å². The Bertz CT molecular complexity index is 584. The fourth-order valence-electron chi connectivity index (χ4n) is 2.67. The molecule has 0 bridgehead atoms. The maximum Gasteiger partial charge on any atom is 0.0750 e. The van der Waals surface area contributed by atoms with Crippen molar-refractivity contribution in [1.82, 2.24) is 5.32 Å². The molecule has 1 heterocycles. The number of rotatable bonds is 3. The highest BCUT2D eigenvalue weighted by Gasteiger charge is 2.22. The summed E-state index contributed by atoms with van der Waals surface area (Å²) in [5, 5.41) is 4.83. The molecule has 1 radical (unpaired) electrons. The zero-order valence-corrected chi connectivity index (χ0v) is 11.0. The topological polar surface area (TPSA) is 14.1 Å². The van der Waals surface area contributed by atoms with Crippen molar-refractivity contribution in [2.24, 2.45) is 0 Å². The van der Waals surface area contributed by atoms with E-state index in [0.29, 0.717) is 0 Å². The molecule has 1 aliphatic rings. The molecule has 1 aliphatic heterocycles. The van der Waals surface area contributed by atoms with E-state index in [1.165, 1.54) is 40.8 Å². The van der Waals surface area contributed by atoms with Crippen molar-refractivity contribution in [3.05, 3.63) is 47.5 Å². The van der Waals surface area contributed by atoms with E-state index in [1.54, 1.807) is 0 Å². The standard InChI is InChI=1S/C17H18N/c1-3-4-7-13-12(2)10-11-15-14-8-5-6-9-16(14)18-17(13)15/h5-6,8-11H,3-4,7H2,1-2H3. The summed E-state index contributed by atoms with van der Waals surface area (Å²) in [5.41, 5.74) is 7.73. The van der Waals surface area contributed by atoms with Gasteiger partial charge in [0.1, 0.15) is 0 Å². The lowest BCUT2D eigenvalue weighted by atomic mass is 9.96. The number of nitrogens with zero attached hydrogens (tertiary/aromatic N) is 1. The lowest BCUT2D eigenvalue weighted by Crippen LogP contribution is -1.95. The van der Waals surface area contributed by atoms with Gasteiger partial charge in [0, 0.05) is 11.1 Å². The first-order chi connectivity index (χ1) is 8.81. The molecule has 3 rings (SSSR count). The number of benzene rings is 2. The van der Waals surface area contributed by atoms with Crippen LogP contribution in [0.5, 0.6) is 0 Å². The quantitative estimate of drug-likeness (QED) is 0.615. The highest BCUT2D eigenvalue weighted by molar-refractivity contribution is 5.92. The SMILES string of the molecule is CCCCc1c(C)ccc2c1[N]c1ccccc1-2. The third-order valence-electron chi connectivity index (χ3n) is 3.72. The molecular formula is C17H18N. The van der Waals surface area contributed by atoms with Gasteiger partial charge in [0.25, 0.3) is 0 Å². The molecular weight excluding hydrogens is 218 g/mol. The van der Waals surface area contributed by atoms with Crippen molar-refractivity contribution < 1.29 is 0 Å². The Morgan fingerprint density at radius 3 is 2.67 bits per heavy atom. The number of hydrogen-bond acceptors (Lipinski definition) is 0. The van der Waals surface area contributed by atoms with Crippen LogP contribution < -0.4 is 5.32 Å². The number of para-hydroxylation sites is 1. The Kier molecular flexibility index (Phi) is 2.83. The Labute approximate surface area is 109 Å². The molecule has 2 aromatic carbocycles. The molecule has 0 N–H and O–H groups in total. The van der Waals surface area contributed by atoms with Gasteiger partial charge in [0.2, 0.25) is 0 Å². The Morgan fingerprint density at radius 1 is 1.00 bits per heavy atom. The average molecular weight is 236 g/mol. The first-order valence-corrected chi connectivity index (χ1v) is 6.75. The second-order valence-corrected chi connectivity index (χ2v) is 4.99. The van der Waals surface area contributed by atoms with Crippen LogP contribution in [-0.4, -0.2) is 0 Å². The van der Waals surface area contributed by atoms with Crippen LogP contribution in [0.1, 0.15) is 30.9 Å². The minimum Gasteiger partial charge on any atom is -0.247 e. The first-order valence-electron chi connectivity index (χ1n) is 6.75. The van der Waals surface area contributed by atoms with Crippen LogP contribution in [0.3, 0.4) is 0 Å². The second-order valence-electron chi connectivity index (χ2n) is 4.99. The van der Waals surface area contributed by atoms with Gasteiger partial charge in [-0.05, 0) is 37.0 Å². The third kappa shape index (κ3) is 1.71. The molecule has 91 valence electrons. The molecule has 0 saturated carbocycles. The predicted molar refractivity (Wildman–Crippen MR) is 76.7 cm³/mol. The normalized spacial score (nSPS) is 11.9. The van der Waals surface area contributed by atoms with E-state index in [4.69, 9.17) is 5.32 Å². The molecule has 2 aromatic rings. The molecule has 0 aromatic heterocycles. The van der Waals surface area contributed by atoms with E-state index >= 15 is 0 Å². The monoisotopic (exact) mass is 236 g/mol. The second kappa shape index (κ2) is 4.49. The van der Waals surface area contributed by atoms with Gasteiger partial charge >= 0.3 is 0 Å². The molecule has 1 heteroatoms. The van der Waals surface area contributed by atoms with E-state index in [-0.39, 0.29) is 0 Å². The zero-order valence-electron chi connectivity index (χ0n) is 11.0. The van der Waals surface area contributed by atoms with E-state index in [0.717, 1.165) is 12.1 Å². The number of unbranched alkanes of at least 4 members (excludes halogenated alkanes) is 1. The molecule has 1 nitrogen and oxygen atoms in total. The molecule has 0 saturated heterocycles. The van der Waals surface area contributed by atoms with Gasteiger partial charge in [-0.2, -0.15) is 0 Å². The van der Waals surface area contributed by atoms with Gasteiger partial charge in [-0.3, -0.25) is 0 Å². The van der Waals surface area contributed by atoms with Crippen molar-refractivity contribution in [3.8, 4) is 11.1 Å². The average Bonchev–Trinajstić information content (AvgIpc) is 2.76. The van der Waals surface area contributed by atoms with Gasteiger partial charge < -0.3 is 0 Å². The first kappa shape index (κ1) is 11.3. The van der Waals surface area contributed by atoms with Crippen molar-refractivity contribution >= 4 is 11.4 Å². The van der Waals surface area contributed by atoms with Crippen LogP contribution in [0, 0.1) is 6.92 Å². The van der Waals surface area contributed by atoms with E-state index < -0.39 is 0 Å². The van der Waals surface area contributed by atoms with E-state index in [2.05, 4.69) is 50.2 Å². The van der Waals surface area contributed by atoms with Crippen LogP contribution in [-0.2, 0) is 6.42 Å². The minimum atomic E-state index is 1.12. The largest absolute Gasteiger partial charge is 0.247 e. The minimum absolute atomic E-state index is 1.12. The van der Waals surface area contributed by atoms with Gasteiger partial charge in [-0.25, -0.2) is 5.32 Å². The molecule has 0 fully saturated rings. The molecule has 0 unspecified atom stereocenters. The number of hydrogen-bond donors (Lipinski definition) is 0.